The SMILES string of the molecule is Nc1ncnc2c1ncn2[C@@H]1O[C@H](COCP(=O)(O)O[C@@H]2[C@H](O)[C@@H](COP(=O)(O)O[C@@H]3[C@H](O)[C@@H](COP(=O)(O)O[C@@H]4[C@H](O)[C@@H](COP(=O)(O)O)O[C@H]4n4cnc5c(N)ncnc54)O[C@H]3n3cnc4c(N)ncnc43)O[C@H]2n2cnc3c(N)ncnc32)[C@H](O)[C@H]1O. The minimum atomic E-state index is -5.61. The van der Waals surface area contributed by atoms with Crippen LogP contribution in [0.1, 0.15) is 24.9 Å². The molecule has 0 amide bonds. The number of aliphatic hydroxyl groups excluding tert-OH is 5. The predicted octanol–water partition coefficient (Wildman–Crippen LogP) is -4.27. The van der Waals surface area contributed by atoms with E-state index in [2.05, 4.69) is 64.3 Å². The fraction of sp³-hybridized carbons (Fsp3) is 0.512. The smallest absolute Gasteiger partial charge is 0.387 e. The molecule has 0 aromatic carbocycles. The molecule has 45 nitrogen and oxygen atoms in total. The number of nitrogens with zero attached hydrogens (tertiary/aromatic N) is 16. The van der Waals surface area contributed by atoms with E-state index in [1.807, 2.05) is 0 Å². The number of ether oxygens (including phenoxy) is 5. The quantitative estimate of drug-likeness (QED) is 0.0270. The van der Waals surface area contributed by atoms with Crippen LogP contribution in [-0.2, 0) is 69.1 Å². The fourth-order valence-electron chi connectivity index (χ4n) is 10.3. The summed E-state index contributed by atoms with van der Waals surface area (Å²) in [5.74, 6) is -0.331. The number of aliphatic hydroxyl groups is 5. The van der Waals surface area contributed by atoms with Gasteiger partial charge in [-0.2, -0.15) is 0 Å². The minimum Gasteiger partial charge on any atom is -0.387 e. The van der Waals surface area contributed by atoms with Crippen LogP contribution in [0.5, 0.6) is 0 Å². The molecule has 90 heavy (non-hydrogen) atoms. The summed E-state index contributed by atoms with van der Waals surface area (Å²) in [4.78, 5) is 101. The molecular formula is C41H52N20O25P4. The first kappa shape index (κ1) is 63.6. The van der Waals surface area contributed by atoms with Crippen LogP contribution in [0.25, 0.3) is 44.7 Å². The van der Waals surface area contributed by atoms with Crippen LogP contribution in [0, 0.1) is 0 Å². The Hall–Kier alpha value is -6.52. The molecule has 12 heterocycles. The van der Waals surface area contributed by atoms with Gasteiger partial charge in [-0.1, -0.05) is 0 Å². The van der Waals surface area contributed by atoms with Gasteiger partial charge in [0.05, 0.1) is 51.7 Å². The van der Waals surface area contributed by atoms with Crippen LogP contribution in [0.2, 0.25) is 0 Å². The first-order valence-electron chi connectivity index (χ1n) is 26.0. The molecular weight excluding hydrogens is 1300 g/mol. The number of fused-ring (bicyclic) bond motifs is 4. The molecule has 4 aliphatic rings. The lowest BCUT2D eigenvalue weighted by Crippen LogP contribution is -2.37. The van der Waals surface area contributed by atoms with Crippen molar-refractivity contribution in [2.75, 3.05) is 55.7 Å². The Bertz CT molecular complexity index is 4170. The Balaban J connectivity index is 0.740. The summed E-state index contributed by atoms with van der Waals surface area (Å²) in [5, 5.41) is 56.7. The highest BCUT2D eigenvalue weighted by atomic mass is 31.2. The highest BCUT2D eigenvalue weighted by Gasteiger charge is 2.55. The Kier molecular flexibility index (Phi) is 17.3. The van der Waals surface area contributed by atoms with Gasteiger partial charge in [-0.25, -0.2) is 73.5 Å². The Morgan fingerprint density at radius 3 is 1.07 bits per heavy atom. The van der Waals surface area contributed by atoms with Crippen molar-refractivity contribution in [1.29, 1.82) is 0 Å². The number of nitrogens with two attached hydrogens (primary N) is 4. The van der Waals surface area contributed by atoms with Gasteiger partial charge in [0.2, 0.25) is 0 Å². The van der Waals surface area contributed by atoms with Gasteiger partial charge in [-0.3, -0.25) is 50.0 Å². The average molecular weight is 1350 g/mol. The summed E-state index contributed by atoms with van der Waals surface area (Å²) < 4.78 is 119. The number of phosphoric ester groups is 3. The van der Waals surface area contributed by atoms with Gasteiger partial charge in [-0.05, 0) is 0 Å². The van der Waals surface area contributed by atoms with E-state index in [9.17, 15) is 68.3 Å². The van der Waals surface area contributed by atoms with E-state index in [0.29, 0.717) is 0 Å². The lowest BCUT2D eigenvalue weighted by Gasteiger charge is -2.25. The van der Waals surface area contributed by atoms with E-state index in [1.54, 1.807) is 0 Å². The highest BCUT2D eigenvalue weighted by Crippen LogP contribution is 2.54. The largest absolute Gasteiger partial charge is 0.472 e. The molecule has 4 aliphatic heterocycles. The molecule has 18 N–H and O–H groups in total. The Labute approximate surface area is 499 Å². The Morgan fingerprint density at radius 2 is 0.711 bits per heavy atom. The maximum absolute atomic E-state index is 14.1. The van der Waals surface area contributed by atoms with Crippen molar-refractivity contribution in [3.8, 4) is 0 Å². The van der Waals surface area contributed by atoms with E-state index in [-0.39, 0.29) is 67.9 Å². The molecule has 8 aromatic heterocycles. The number of aromatic nitrogens is 16. The van der Waals surface area contributed by atoms with Crippen molar-refractivity contribution < 1.29 is 119 Å². The first-order chi connectivity index (χ1) is 42.7. The van der Waals surface area contributed by atoms with Crippen molar-refractivity contribution in [1.82, 2.24) is 78.1 Å². The third-order valence-corrected chi connectivity index (χ3v) is 18.0. The topological polar surface area (TPSA) is 651 Å². The monoisotopic (exact) mass is 1350 g/mol. The van der Waals surface area contributed by atoms with Gasteiger partial charge in [-0.15, -0.1) is 0 Å². The van der Waals surface area contributed by atoms with E-state index in [4.69, 9.17) is 69.2 Å². The van der Waals surface area contributed by atoms with Crippen molar-refractivity contribution in [2.45, 2.75) is 98.2 Å². The zero-order valence-electron chi connectivity index (χ0n) is 45.2. The third kappa shape index (κ3) is 12.5. The van der Waals surface area contributed by atoms with E-state index in [1.165, 1.54) is 10.9 Å². The van der Waals surface area contributed by atoms with E-state index >= 15 is 0 Å². The molecule has 12 rings (SSSR count). The Morgan fingerprint density at radius 1 is 0.400 bits per heavy atom. The molecule has 486 valence electrons. The second kappa shape index (κ2) is 24.5. The highest BCUT2D eigenvalue weighted by molar-refractivity contribution is 7.52. The number of hydrogen-bond donors (Lipinski definition) is 14. The zero-order valence-corrected chi connectivity index (χ0v) is 48.8. The van der Waals surface area contributed by atoms with Gasteiger partial charge in [0.15, 0.2) is 70.8 Å². The van der Waals surface area contributed by atoms with E-state index in [0.717, 1.165) is 58.0 Å². The molecule has 0 spiro atoms. The number of rotatable bonds is 23. The molecule has 0 aliphatic carbocycles. The molecule has 19 atom stereocenters. The molecule has 0 saturated carbocycles. The summed E-state index contributed by atoms with van der Waals surface area (Å²) in [6.07, 6.45) is -20.6. The fourth-order valence-corrected chi connectivity index (χ4v) is 13.5. The first-order valence-corrected chi connectivity index (χ1v) is 32.3. The van der Waals surface area contributed by atoms with Gasteiger partial charge in [0, 0.05) is 0 Å². The second-order valence-corrected chi connectivity index (χ2v) is 26.0. The van der Waals surface area contributed by atoms with Crippen molar-refractivity contribution in [3.63, 3.8) is 0 Å². The number of phosphoric acid groups is 3. The standard InChI is InChI=1S/C41H52N20O25P4/c42-30-18-34(50-5-46-30)58(9-54-18)38-26(66)22(62)14(80-38)1-76-13-87(67,68)84-27-23(63)16(82-39(27)59-10-55-19-31(43)47-6-51-35(19)59)3-78-89(72,73)86-29-25(65)17(83-41(29)61-12-57-21-33(45)49-8-53-37(21)61)4-79-90(74,75)85-28-24(64)15(2-77-88(69,70)71)81-40(28)60-11-56-20-32(44)48-7-52-36(20)60/h5-12,14-17,22-29,38-41,62-66H,1-4,13H2,(H,67,68)(H,72,73)(H,74,75)(H2,42,46,50)(H2,43,47,51)(H2,44,48,52)(H2,45,49,53)(H2,69,70,71)/t14-,15-,16-,17-,22+,23-,24-,25-,26-,27-,28-,29-,38-,39-,40-,41-/m1/s1. The van der Waals surface area contributed by atoms with E-state index < -0.39 is 162 Å². The summed E-state index contributed by atoms with van der Waals surface area (Å²) in [6, 6.07) is 0. The third-order valence-electron chi connectivity index (χ3n) is 14.5. The van der Waals surface area contributed by atoms with Gasteiger partial charge in [0.1, 0.15) is 127 Å². The predicted molar refractivity (Wildman–Crippen MR) is 289 cm³/mol. The van der Waals surface area contributed by atoms with Crippen molar-refractivity contribution >= 4 is 99.0 Å². The second-order valence-electron chi connectivity index (χ2n) is 20.2. The van der Waals surface area contributed by atoms with Crippen LogP contribution in [0.3, 0.4) is 0 Å². The molecule has 4 fully saturated rings. The maximum atomic E-state index is 14.1. The molecule has 4 saturated heterocycles. The van der Waals surface area contributed by atoms with Crippen LogP contribution >= 0.6 is 31.1 Å². The number of hydrogen-bond acceptors (Lipinski definition) is 36. The van der Waals surface area contributed by atoms with Crippen molar-refractivity contribution in [2.24, 2.45) is 0 Å². The minimum absolute atomic E-state index is 0.0116. The average Bonchev–Trinajstić information content (AvgIpc) is 1.64. The molecule has 49 heteroatoms. The molecule has 3 unspecified atom stereocenters. The molecule has 0 radical (unpaired) electrons. The summed E-state index contributed by atoms with van der Waals surface area (Å²) >= 11 is 0. The van der Waals surface area contributed by atoms with Crippen LogP contribution in [-0.4, -0.2) is 234 Å². The maximum Gasteiger partial charge on any atom is 0.472 e. The summed E-state index contributed by atoms with van der Waals surface area (Å²) in [7, 11) is -21.4. The lowest BCUT2D eigenvalue weighted by atomic mass is 10.1. The number of imidazole rings is 4. The zero-order chi connectivity index (χ0) is 63.9. The number of anilines is 4. The van der Waals surface area contributed by atoms with Gasteiger partial charge >= 0.3 is 31.1 Å². The van der Waals surface area contributed by atoms with Gasteiger partial charge < -0.3 is 96.6 Å². The normalized spacial score (nSPS) is 31.1. The summed E-state index contributed by atoms with van der Waals surface area (Å²) in [6.45, 7) is -3.81. The van der Waals surface area contributed by atoms with Gasteiger partial charge in [0.25, 0.3) is 0 Å². The summed E-state index contributed by atoms with van der Waals surface area (Å²) in [5.41, 5.74) is 24.0. The lowest BCUT2D eigenvalue weighted by molar-refractivity contribution is -0.0651. The van der Waals surface area contributed by atoms with Crippen LogP contribution < -0.4 is 22.9 Å². The van der Waals surface area contributed by atoms with Crippen LogP contribution in [0.15, 0.2) is 50.6 Å². The molecule has 8 aromatic rings. The van der Waals surface area contributed by atoms with Crippen molar-refractivity contribution in [3.05, 3.63) is 50.6 Å². The molecule has 0 bridgehead atoms. The van der Waals surface area contributed by atoms with Crippen LogP contribution in [0.4, 0.5) is 23.3 Å². The number of nitrogen functional groups attached to an aromatic ring is 4.